The van der Waals surface area contributed by atoms with Gasteiger partial charge in [-0.2, -0.15) is 0 Å². The minimum absolute atomic E-state index is 0.00217. The van der Waals surface area contributed by atoms with Crippen molar-refractivity contribution in [2.24, 2.45) is 0 Å². The molecule has 1 aromatic heterocycles. The van der Waals surface area contributed by atoms with Crippen LogP contribution in [0.5, 0.6) is 0 Å². The van der Waals surface area contributed by atoms with Gasteiger partial charge in [-0.25, -0.2) is 17.8 Å². The molecule has 2 atom stereocenters. The maximum absolute atomic E-state index is 13.9. The first kappa shape index (κ1) is 19.8. The minimum Gasteiger partial charge on any atom is -0.340 e. The molecule has 1 saturated heterocycles. The number of amides is 1. The summed E-state index contributed by atoms with van der Waals surface area (Å²) in [6.45, 7) is 0.433. The van der Waals surface area contributed by atoms with Crippen molar-refractivity contribution in [1.82, 2.24) is 9.88 Å². The second-order valence-electron chi connectivity index (χ2n) is 8.25. The summed E-state index contributed by atoms with van der Waals surface area (Å²) < 4.78 is 37.3. The van der Waals surface area contributed by atoms with Gasteiger partial charge in [-0.15, -0.1) is 0 Å². The van der Waals surface area contributed by atoms with E-state index in [1.54, 1.807) is 17.2 Å². The first-order valence-corrected chi connectivity index (χ1v) is 12.3. The Morgan fingerprint density at radius 1 is 1.17 bits per heavy atom. The van der Waals surface area contributed by atoms with Crippen LogP contribution in [0.15, 0.2) is 24.4 Å². The normalized spacial score (nSPS) is 24.0. The molecule has 1 aliphatic heterocycles. The summed E-state index contributed by atoms with van der Waals surface area (Å²) >= 11 is 5.78. The van der Waals surface area contributed by atoms with E-state index in [1.807, 2.05) is 0 Å². The molecule has 2 fully saturated rings. The Balaban J connectivity index is 1.49. The zero-order chi connectivity index (χ0) is 21.0. The maximum Gasteiger partial charge on any atom is 0.255 e. The van der Waals surface area contributed by atoms with Gasteiger partial charge in [-0.3, -0.25) is 4.79 Å². The van der Waals surface area contributed by atoms with Crippen LogP contribution in [0.4, 0.5) is 15.9 Å². The molecular weight excluding hydrogens is 429 g/mol. The highest BCUT2D eigenvalue weighted by Gasteiger charge is 2.42. The molecular formula is C21H21ClFN3O3S. The molecule has 1 aromatic carbocycles. The van der Waals surface area contributed by atoms with Crippen LogP contribution >= 0.6 is 11.6 Å². The quantitative estimate of drug-likeness (QED) is 0.769. The van der Waals surface area contributed by atoms with E-state index in [4.69, 9.17) is 11.6 Å². The zero-order valence-corrected chi connectivity index (χ0v) is 17.8. The molecule has 0 radical (unpaired) electrons. The number of hydrogen-bond acceptors (Lipinski definition) is 5. The summed E-state index contributed by atoms with van der Waals surface area (Å²) in [4.78, 5) is 19.4. The average molecular weight is 450 g/mol. The van der Waals surface area contributed by atoms with Gasteiger partial charge in [0.25, 0.3) is 5.91 Å². The SMILES string of the molecule is O=C(c1cnc(Nc2ccc(Cl)c(F)c2)c2c1C1CCC2C1)N1CCS(=O)(=O)CC1. The molecule has 2 aromatic rings. The number of fused-ring (bicyclic) bond motifs is 5. The van der Waals surface area contributed by atoms with Gasteiger partial charge >= 0.3 is 0 Å². The molecule has 158 valence electrons. The van der Waals surface area contributed by atoms with Crippen LogP contribution in [0.1, 0.15) is 52.6 Å². The fourth-order valence-corrected chi connectivity index (χ4v) is 6.29. The van der Waals surface area contributed by atoms with E-state index in [9.17, 15) is 17.6 Å². The van der Waals surface area contributed by atoms with Crippen LogP contribution in [-0.4, -0.2) is 48.8 Å². The molecule has 1 amide bonds. The summed E-state index contributed by atoms with van der Waals surface area (Å²) in [5.74, 6) is 0.632. The molecule has 2 bridgehead atoms. The molecule has 3 aliphatic rings. The number of pyridine rings is 1. The number of aromatic nitrogens is 1. The number of carbonyl (C=O) groups excluding carboxylic acids is 1. The Kier molecular flexibility index (Phi) is 4.74. The second-order valence-corrected chi connectivity index (χ2v) is 11.0. The average Bonchev–Trinajstić information content (AvgIpc) is 3.33. The number of hydrogen-bond donors (Lipinski definition) is 1. The van der Waals surface area contributed by atoms with Crippen molar-refractivity contribution >= 4 is 38.9 Å². The number of nitrogens with zero attached hydrogens (tertiary/aromatic N) is 2. The Hall–Kier alpha value is -2.19. The maximum atomic E-state index is 13.9. The number of benzene rings is 1. The predicted molar refractivity (Wildman–Crippen MR) is 113 cm³/mol. The summed E-state index contributed by atoms with van der Waals surface area (Å²) in [6, 6.07) is 4.52. The monoisotopic (exact) mass is 449 g/mol. The van der Waals surface area contributed by atoms with E-state index in [0.717, 1.165) is 30.4 Å². The number of sulfone groups is 1. The molecule has 1 N–H and O–H groups in total. The molecule has 9 heteroatoms. The molecule has 0 spiro atoms. The summed E-state index contributed by atoms with van der Waals surface area (Å²) in [7, 11) is -3.06. The number of carbonyl (C=O) groups is 1. The number of nitrogens with one attached hydrogen (secondary N) is 1. The van der Waals surface area contributed by atoms with Gasteiger partial charge in [0.15, 0.2) is 9.84 Å². The predicted octanol–water partition coefficient (Wildman–Crippen LogP) is 3.85. The number of rotatable bonds is 3. The standard InChI is InChI=1S/C21H21ClFN3O3S/c22-16-4-3-14(10-17(16)23)25-20-19-13-2-1-12(9-13)18(19)15(11-24-20)21(27)26-5-7-30(28,29)8-6-26/h3-4,10-13H,1-2,5-9H2,(H,24,25). The van der Waals surface area contributed by atoms with Crippen molar-refractivity contribution < 1.29 is 17.6 Å². The highest BCUT2D eigenvalue weighted by Crippen LogP contribution is 2.56. The minimum atomic E-state index is -3.06. The van der Waals surface area contributed by atoms with Gasteiger partial charge in [0.05, 0.1) is 22.1 Å². The Morgan fingerprint density at radius 2 is 1.87 bits per heavy atom. The topological polar surface area (TPSA) is 79.4 Å². The van der Waals surface area contributed by atoms with Gasteiger partial charge in [0, 0.05) is 30.5 Å². The molecule has 2 unspecified atom stereocenters. The lowest BCUT2D eigenvalue weighted by Crippen LogP contribution is -2.44. The van der Waals surface area contributed by atoms with E-state index in [2.05, 4.69) is 10.3 Å². The van der Waals surface area contributed by atoms with Crippen LogP contribution in [0, 0.1) is 5.82 Å². The van der Waals surface area contributed by atoms with E-state index in [1.165, 1.54) is 12.1 Å². The van der Waals surface area contributed by atoms with Crippen LogP contribution in [0.25, 0.3) is 0 Å². The third-order valence-electron chi connectivity index (χ3n) is 6.45. The summed E-state index contributed by atoms with van der Waals surface area (Å²) in [5.41, 5.74) is 3.19. The van der Waals surface area contributed by atoms with Crippen LogP contribution in [-0.2, 0) is 9.84 Å². The van der Waals surface area contributed by atoms with Crippen molar-refractivity contribution in [1.29, 1.82) is 0 Å². The lowest BCUT2D eigenvalue weighted by molar-refractivity contribution is 0.0768. The molecule has 1 saturated carbocycles. The third-order valence-corrected chi connectivity index (χ3v) is 8.37. The van der Waals surface area contributed by atoms with Gasteiger partial charge in [-0.05, 0) is 54.9 Å². The fourth-order valence-electron chi connectivity index (χ4n) is 4.97. The number of halogens is 2. The Morgan fingerprint density at radius 3 is 2.57 bits per heavy atom. The van der Waals surface area contributed by atoms with E-state index >= 15 is 0 Å². The van der Waals surface area contributed by atoms with Gasteiger partial charge in [-0.1, -0.05) is 11.6 Å². The first-order chi connectivity index (χ1) is 14.3. The van der Waals surface area contributed by atoms with Crippen molar-refractivity contribution in [2.75, 3.05) is 29.9 Å². The van der Waals surface area contributed by atoms with Gasteiger partial charge < -0.3 is 10.2 Å². The summed E-state index contributed by atoms with van der Waals surface area (Å²) in [6.07, 6.45) is 4.65. The smallest absolute Gasteiger partial charge is 0.255 e. The van der Waals surface area contributed by atoms with Crippen LogP contribution < -0.4 is 5.32 Å². The highest BCUT2D eigenvalue weighted by atomic mass is 35.5. The first-order valence-electron chi connectivity index (χ1n) is 10.1. The Bertz CT molecular complexity index is 1140. The highest BCUT2D eigenvalue weighted by molar-refractivity contribution is 7.91. The van der Waals surface area contributed by atoms with E-state index in [0.29, 0.717) is 28.9 Å². The zero-order valence-electron chi connectivity index (χ0n) is 16.2. The van der Waals surface area contributed by atoms with Crippen molar-refractivity contribution in [3.63, 3.8) is 0 Å². The molecule has 30 heavy (non-hydrogen) atoms. The van der Waals surface area contributed by atoms with Crippen LogP contribution in [0.3, 0.4) is 0 Å². The van der Waals surface area contributed by atoms with Crippen LogP contribution in [0.2, 0.25) is 5.02 Å². The van der Waals surface area contributed by atoms with E-state index in [-0.39, 0.29) is 35.5 Å². The second kappa shape index (κ2) is 7.20. The molecule has 5 rings (SSSR count). The van der Waals surface area contributed by atoms with Crippen molar-refractivity contribution in [3.8, 4) is 0 Å². The lowest BCUT2D eigenvalue weighted by atomic mass is 9.88. The molecule has 2 heterocycles. The Labute approximate surface area is 179 Å². The van der Waals surface area contributed by atoms with Gasteiger partial charge in [0.2, 0.25) is 0 Å². The van der Waals surface area contributed by atoms with Crippen molar-refractivity contribution in [2.45, 2.75) is 31.1 Å². The lowest BCUT2D eigenvalue weighted by Gasteiger charge is -2.29. The van der Waals surface area contributed by atoms with Crippen molar-refractivity contribution in [3.05, 3.63) is 51.9 Å². The number of anilines is 2. The van der Waals surface area contributed by atoms with Gasteiger partial charge in [0.1, 0.15) is 11.6 Å². The fraction of sp³-hybridized carbons (Fsp3) is 0.429. The largest absolute Gasteiger partial charge is 0.340 e. The third kappa shape index (κ3) is 3.36. The molecule has 2 aliphatic carbocycles. The molecule has 6 nitrogen and oxygen atoms in total. The summed E-state index contributed by atoms with van der Waals surface area (Å²) in [5, 5.41) is 3.26. The van der Waals surface area contributed by atoms with E-state index < -0.39 is 15.7 Å².